The predicted octanol–water partition coefficient (Wildman–Crippen LogP) is 1.10. The molecule has 0 saturated carbocycles. The lowest BCUT2D eigenvalue weighted by atomic mass is 10.2. The third-order valence-electron chi connectivity index (χ3n) is 3.56. The third kappa shape index (κ3) is 3.67. The first-order valence-electron chi connectivity index (χ1n) is 6.94. The Kier molecular flexibility index (Phi) is 4.74. The highest BCUT2D eigenvalue weighted by Crippen LogP contribution is 2.14. The van der Waals surface area contributed by atoms with Crippen molar-refractivity contribution in [3.8, 4) is 0 Å². The Morgan fingerprint density at radius 3 is 2.58 bits per heavy atom. The van der Waals surface area contributed by atoms with Crippen LogP contribution in [0.1, 0.15) is 30.1 Å². The van der Waals surface area contributed by atoms with Crippen molar-refractivity contribution in [2.45, 2.75) is 19.8 Å². The van der Waals surface area contributed by atoms with Gasteiger partial charge in [0.15, 0.2) is 0 Å². The summed E-state index contributed by atoms with van der Waals surface area (Å²) in [6.07, 6.45) is 4.07. The van der Waals surface area contributed by atoms with Crippen molar-refractivity contribution in [3.63, 3.8) is 0 Å². The van der Waals surface area contributed by atoms with Gasteiger partial charge in [-0.2, -0.15) is 0 Å². The monoisotopic (exact) mass is 262 g/mol. The van der Waals surface area contributed by atoms with Gasteiger partial charge in [0.05, 0.1) is 5.56 Å². The van der Waals surface area contributed by atoms with Crippen LogP contribution in [-0.2, 0) is 0 Å². The molecule has 2 heterocycles. The fourth-order valence-corrected chi connectivity index (χ4v) is 2.30. The summed E-state index contributed by atoms with van der Waals surface area (Å²) in [7, 11) is 0. The molecule has 1 amide bonds. The molecule has 1 aromatic rings. The van der Waals surface area contributed by atoms with Gasteiger partial charge in [-0.05, 0) is 25.1 Å². The molecular formula is C14H22N4O. The van der Waals surface area contributed by atoms with E-state index in [0.717, 1.165) is 32.0 Å². The van der Waals surface area contributed by atoms with Crippen molar-refractivity contribution >= 4 is 11.7 Å². The van der Waals surface area contributed by atoms with Crippen LogP contribution in [0.15, 0.2) is 18.3 Å². The molecule has 0 bridgehead atoms. The minimum Gasteiger partial charge on any atom is -0.366 e. The zero-order chi connectivity index (χ0) is 13.7. The van der Waals surface area contributed by atoms with Crippen LogP contribution >= 0.6 is 0 Å². The summed E-state index contributed by atoms with van der Waals surface area (Å²) in [5.41, 5.74) is 5.67. The van der Waals surface area contributed by atoms with Crippen molar-refractivity contribution < 1.29 is 4.79 Å². The summed E-state index contributed by atoms with van der Waals surface area (Å²) in [4.78, 5) is 20.1. The van der Waals surface area contributed by atoms with Crippen LogP contribution in [0, 0.1) is 0 Å². The van der Waals surface area contributed by atoms with Gasteiger partial charge in [-0.15, -0.1) is 0 Å². The smallest absolute Gasteiger partial charge is 0.250 e. The summed E-state index contributed by atoms with van der Waals surface area (Å²) in [5.74, 6) is 0.503. The maximum atomic E-state index is 11.0. The molecule has 1 saturated heterocycles. The standard InChI is InChI=1S/C14H22N4O/c1-2-3-6-17-7-9-18(10-8-17)13-5-4-12(11-16-13)14(15)19/h4-5,11H,2-3,6-10H2,1H3,(H2,15,19). The van der Waals surface area contributed by atoms with Gasteiger partial charge in [0.2, 0.25) is 5.91 Å². The number of pyridine rings is 1. The van der Waals surface area contributed by atoms with E-state index in [9.17, 15) is 4.79 Å². The van der Waals surface area contributed by atoms with Crippen molar-refractivity contribution in [3.05, 3.63) is 23.9 Å². The number of carbonyl (C=O) groups excluding carboxylic acids is 1. The first-order chi connectivity index (χ1) is 9.20. The van der Waals surface area contributed by atoms with Crippen molar-refractivity contribution in [2.75, 3.05) is 37.6 Å². The van der Waals surface area contributed by atoms with E-state index >= 15 is 0 Å². The molecular weight excluding hydrogens is 240 g/mol. The summed E-state index contributed by atoms with van der Waals surface area (Å²) >= 11 is 0. The second-order valence-corrected chi connectivity index (χ2v) is 4.95. The lowest BCUT2D eigenvalue weighted by molar-refractivity contribution is 0.1000. The van der Waals surface area contributed by atoms with E-state index in [1.165, 1.54) is 19.4 Å². The fourth-order valence-electron chi connectivity index (χ4n) is 2.30. The van der Waals surface area contributed by atoms with E-state index in [0.29, 0.717) is 5.56 Å². The van der Waals surface area contributed by atoms with Crippen molar-refractivity contribution in [2.24, 2.45) is 5.73 Å². The number of piperazine rings is 1. The molecule has 2 rings (SSSR count). The molecule has 19 heavy (non-hydrogen) atoms. The van der Waals surface area contributed by atoms with E-state index < -0.39 is 5.91 Å². The molecule has 5 heteroatoms. The van der Waals surface area contributed by atoms with Gasteiger partial charge in [0.1, 0.15) is 5.82 Å². The molecule has 0 aromatic carbocycles. The molecule has 0 atom stereocenters. The Morgan fingerprint density at radius 2 is 2.05 bits per heavy atom. The Labute approximate surface area is 114 Å². The highest BCUT2D eigenvalue weighted by Gasteiger charge is 2.17. The number of anilines is 1. The summed E-state index contributed by atoms with van der Waals surface area (Å²) < 4.78 is 0. The summed E-state index contributed by atoms with van der Waals surface area (Å²) in [6, 6.07) is 3.62. The Morgan fingerprint density at radius 1 is 1.32 bits per heavy atom. The van der Waals surface area contributed by atoms with Crippen LogP contribution in [0.5, 0.6) is 0 Å². The largest absolute Gasteiger partial charge is 0.366 e. The van der Waals surface area contributed by atoms with Gasteiger partial charge in [-0.25, -0.2) is 4.98 Å². The molecule has 0 aliphatic carbocycles. The first kappa shape index (κ1) is 13.8. The molecule has 5 nitrogen and oxygen atoms in total. The normalized spacial score (nSPS) is 16.6. The SMILES string of the molecule is CCCCN1CCN(c2ccc(C(N)=O)cn2)CC1. The van der Waals surface area contributed by atoms with Gasteiger partial charge in [-0.1, -0.05) is 13.3 Å². The number of hydrogen-bond acceptors (Lipinski definition) is 4. The second kappa shape index (κ2) is 6.52. The maximum Gasteiger partial charge on any atom is 0.250 e. The minimum absolute atomic E-state index is 0.427. The fraction of sp³-hybridized carbons (Fsp3) is 0.571. The van der Waals surface area contributed by atoms with E-state index in [-0.39, 0.29) is 0 Å². The number of rotatable bonds is 5. The van der Waals surface area contributed by atoms with Gasteiger partial charge in [0.25, 0.3) is 0 Å². The highest BCUT2D eigenvalue weighted by atomic mass is 16.1. The number of hydrogen-bond donors (Lipinski definition) is 1. The van der Waals surface area contributed by atoms with Crippen LogP contribution < -0.4 is 10.6 Å². The lowest BCUT2D eigenvalue weighted by Crippen LogP contribution is -2.46. The lowest BCUT2D eigenvalue weighted by Gasteiger charge is -2.35. The van der Waals surface area contributed by atoms with Crippen molar-refractivity contribution in [1.82, 2.24) is 9.88 Å². The Bertz CT molecular complexity index is 410. The van der Waals surface area contributed by atoms with Gasteiger partial charge in [0, 0.05) is 32.4 Å². The predicted molar refractivity (Wildman–Crippen MR) is 76.3 cm³/mol. The highest BCUT2D eigenvalue weighted by molar-refractivity contribution is 5.92. The Hall–Kier alpha value is -1.62. The van der Waals surface area contributed by atoms with Gasteiger partial charge >= 0.3 is 0 Å². The van der Waals surface area contributed by atoms with E-state index in [1.54, 1.807) is 12.3 Å². The molecule has 2 N–H and O–H groups in total. The first-order valence-corrected chi connectivity index (χ1v) is 6.94. The maximum absolute atomic E-state index is 11.0. The summed E-state index contributed by atoms with van der Waals surface area (Å²) in [6.45, 7) is 7.57. The zero-order valence-electron chi connectivity index (χ0n) is 11.5. The van der Waals surface area contributed by atoms with Crippen LogP contribution in [0.4, 0.5) is 5.82 Å². The quantitative estimate of drug-likeness (QED) is 0.863. The van der Waals surface area contributed by atoms with Gasteiger partial charge < -0.3 is 10.6 Å². The molecule has 0 radical (unpaired) electrons. The molecule has 1 aliphatic rings. The Balaban J connectivity index is 1.88. The van der Waals surface area contributed by atoms with Crippen LogP contribution in [0.2, 0.25) is 0 Å². The van der Waals surface area contributed by atoms with Crippen LogP contribution in [0.3, 0.4) is 0 Å². The van der Waals surface area contributed by atoms with Crippen LogP contribution in [0.25, 0.3) is 0 Å². The third-order valence-corrected chi connectivity index (χ3v) is 3.56. The van der Waals surface area contributed by atoms with Crippen LogP contribution in [-0.4, -0.2) is 48.5 Å². The zero-order valence-corrected chi connectivity index (χ0v) is 11.5. The average molecular weight is 262 g/mol. The average Bonchev–Trinajstić information content (AvgIpc) is 2.46. The molecule has 1 aromatic heterocycles. The second-order valence-electron chi connectivity index (χ2n) is 4.95. The van der Waals surface area contributed by atoms with Crippen molar-refractivity contribution in [1.29, 1.82) is 0 Å². The number of primary amides is 1. The van der Waals surface area contributed by atoms with Gasteiger partial charge in [-0.3, -0.25) is 9.69 Å². The number of unbranched alkanes of at least 4 members (excludes halogenated alkanes) is 1. The number of aromatic nitrogens is 1. The molecule has 0 spiro atoms. The number of nitrogens with two attached hydrogens (primary N) is 1. The number of nitrogens with zero attached hydrogens (tertiary/aromatic N) is 3. The molecule has 0 unspecified atom stereocenters. The topological polar surface area (TPSA) is 62.5 Å². The summed E-state index contributed by atoms with van der Waals surface area (Å²) in [5, 5.41) is 0. The van der Waals surface area contributed by atoms with E-state index in [2.05, 4.69) is 21.7 Å². The minimum atomic E-state index is -0.427. The molecule has 1 aliphatic heterocycles. The van der Waals surface area contributed by atoms with E-state index in [1.807, 2.05) is 6.07 Å². The molecule has 1 fully saturated rings. The number of carbonyl (C=O) groups is 1. The molecule has 104 valence electrons. The number of amides is 1. The van der Waals surface area contributed by atoms with E-state index in [4.69, 9.17) is 5.73 Å².